The number of hydrogen-bond donors (Lipinski definition) is 1. The van der Waals surface area contributed by atoms with Crippen molar-refractivity contribution >= 4 is 17.6 Å². The van der Waals surface area contributed by atoms with Crippen LogP contribution >= 0.6 is 11.6 Å². The van der Waals surface area contributed by atoms with Crippen LogP contribution in [0.1, 0.15) is 18.5 Å². The molecular weight excluding hydrogens is 204 g/mol. The topological polar surface area (TPSA) is 55.1 Å². The molecule has 0 aromatic carbocycles. The lowest BCUT2D eigenvalue weighted by atomic mass is 10.3. The highest BCUT2D eigenvalue weighted by atomic mass is 35.5. The Bertz CT molecular complexity index is 389. The van der Waals surface area contributed by atoms with E-state index in [1.807, 2.05) is 0 Å². The van der Waals surface area contributed by atoms with Gasteiger partial charge in [-0.05, 0) is 6.92 Å². The van der Waals surface area contributed by atoms with Crippen LogP contribution in [0.25, 0.3) is 0 Å². The van der Waals surface area contributed by atoms with Gasteiger partial charge < -0.3 is 5.11 Å². The van der Waals surface area contributed by atoms with Crippen LogP contribution in [0.4, 0.5) is 0 Å². The van der Waals surface area contributed by atoms with Crippen molar-refractivity contribution in [3.8, 4) is 11.8 Å². The molecule has 5 heteroatoms. The smallest absolute Gasteiger partial charge is 0.328 e. The zero-order valence-electron chi connectivity index (χ0n) is 7.57. The lowest BCUT2D eigenvalue weighted by molar-refractivity contribution is -0.140. The molecule has 74 valence electrons. The SMILES string of the molecule is C[C@@H](C(=O)O)n1cc(C#CCCl)cn1. The molecule has 0 saturated carbocycles. The monoisotopic (exact) mass is 212 g/mol. The van der Waals surface area contributed by atoms with Gasteiger partial charge in [0.2, 0.25) is 0 Å². The van der Waals surface area contributed by atoms with Gasteiger partial charge >= 0.3 is 5.97 Å². The summed E-state index contributed by atoms with van der Waals surface area (Å²) in [5.74, 6) is 4.73. The molecule has 0 fully saturated rings. The summed E-state index contributed by atoms with van der Waals surface area (Å²) in [7, 11) is 0. The molecule has 1 aromatic heterocycles. The van der Waals surface area contributed by atoms with E-state index in [9.17, 15) is 4.79 Å². The van der Waals surface area contributed by atoms with E-state index in [-0.39, 0.29) is 5.88 Å². The molecule has 0 aliphatic carbocycles. The molecule has 0 bridgehead atoms. The van der Waals surface area contributed by atoms with Crippen molar-refractivity contribution in [2.24, 2.45) is 0 Å². The van der Waals surface area contributed by atoms with Gasteiger partial charge in [-0.3, -0.25) is 4.68 Å². The second-order valence-electron chi connectivity index (χ2n) is 2.66. The average Bonchev–Trinajstić information content (AvgIpc) is 2.61. The summed E-state index contributed by atoms with van der Waals surface area (Å²) in [6, 6.07) is -0.679. The zero-order valence-corrected chi connectivity index (χ0v) is 8.32. The first-order chi connectivity index (χ1) is 6.65. The van der Waals surface area contributed by atoms with E-state index < -0.39 is 12.0 Å². The van der Waals surface area contributed by atoms with Gasteiger partial charge in [0.1, 0.15) is 6.04 Å². The summed E-state index contributed by atoms with van der Waals surface area (Å²) in [6.07, 6.45) is 3.09. The maximum atomic E-state index is 10.6. The number of aromatic nitrogens is 2. The summed E-state index contributed by atoms with van der Waals surface area (Å²) in [5.41, 5.74) is 0.666. The summed E-state index contributed by atoms with van der Waals surface area (Å²) < 4.78 is 1.35. The molecule has 14 heavy (non-hydrogen) atoms. The lowest BCUT2D eigenvalue weighted by Gasteiger charge is -2.04. The second kappa shape index (κ2) is 4.68. The van der Waals surface area contributed by atoms with Gasteiger partial charge in [-0.1, -0.05) is 11.8 Å². The van der Waals surface area contributed by atoms with Crippen molar-refractivity contribution in [1.82, 2.24) is 9.78 Å². The molecule has 0 aliphatic rings. The Labute approximate surface area is 86.5 Å². The third kappa shape index (κ3) is 2.51. The van der Waals surface area contributed by atoms with Gasteiger partial charge in [-0.25, -0.2) is 4.79 Å². The second-order valence-corrected chi connectivity index (χ2v) is 2.93. The standard InChI is InChI=1S/C9H9ClN2O2/c1-7(9(13)14)12-6-8(5-11-12)3-2-4-10/h5-7H,4H2,1H3,(H,13,14)/t7-/m0/s1. The fourth-order valence-corrected chi connectivity index (χ4v) is 0.930. The summed E-state index contributed by atoms with van der Waals surface area (Å²) in [4.78, 5) is 10.6. The van der Waals surface area contributed by atoms with Gasteiger partial charge in [-0.15, -0.1) is 11.6 Å². The number of nitrogens with zero attached hydrogens (tertiary/aromatic N) is 2. The molecule has 0 amide bonds. The molecule has 1 N–H and O–H groups in total. The average molecular weight is 213 g/mol. The Morgan fingerprint density at radius 2 is 2.57 bits per heavy atom. The first-order valence-corrected chi connectivity index (χ1v) is 4.50. The molecule has 0 aliphatic heterocycles. The summed E-state index contributed by atoms with van der Waals surface area (Å²) in [6.45, 7) is 1.55. The molecule has 1 atom stereocenters. The van der Waals surface area contributed by atoms with Crippen LogP contribution in [0.3, 0.4) is 0 Å². The maximum absolute atomic E-state index is 10.6. The number of carboxylic acids is 1. The van der Waals surface area contributed by atoms with E-state index in [4.69, 9.17) is 16.7 Å². The van der Waals surface area contributed by atoms with E-state index in [0.717, 1.165) is 0 Å². The first-order valence-electron chi connectivity index (χ1n) is 3.97. The van der Waals surface area contributed by atoms with Crippen LogP contribution in [0.2, 0.25) is 0 Å². The number of rotatable bonds is 2. The molecule has 1 aromatic rings. The zero-order chi connectivity index (χ0) is 10.6. The van der Waals surface area contributed by atoms with Crippen molar-refractivity contribution < 1.29 is 9.90 Å². The Morgan fingerprint density at radius 3 is 3.14 bits per heavy atom. The highest BCUT2D eigenvalue weighted by Crippen LogP contribution is 2.05. The Kier molecular flexibility index (Phi) is 3.55. The molecular formula is C9H9ClN2O2. The predicted octanol–water partition coefficient (Wildman–Crippen LogP) is 1.12. The molecule has 4 nitrogen and oxygen atoms in total. The maximum Gasteiger partial charge on any atom is 0.328 e. The highest BCUT2D eigenvalue weighted by Gasteiger charge is 2.13. The minimum Gasteiger partial charge on any atom is -0.480 e. The van der Waals surface area contributed by atoms with Crippen LogP contribution in [0.5, 0.6) is 0 Å². The largest absolute Gasteiger partial charge is 0.480 e. The van der Waals surface area contributed by atoms with E-state index in [1.165, 1.54) is 10.9 Å². The minimum absolute atomic E-state index is 0.250. The van der Waals surface area contributed by atoms with Gasteiger partial charge in [0.25, 0.3) is 0 Å². The number of halogens is 1. The fourth-order valence-electron chi connectivity index (χ4n) is 0.863. The van der Waals surface area contributed by atoms with Crippen LogP contribution in [-0.4, -0.2) is 26.7 Å². The first kappa shape index (κ1) is 10.6. The van der Waals surface area contributed by atoms with E-state index in [1.54, 1.807) is 13.1 Å². The van der Waals surface area contributed by atoms with Crippen LogP contribution in [0.15, 0.2) is 12.4 Å². The Balaban J connectivity index is 2.82. The Hall–Kier alpha value is -1.47. The van der Waals surface area contributed by atoms with E-state index in [2.05, 4.69) is 16.9 Å². The van der Waals surface area contributed by atoms with Gasteiger partial charge in [0, 0.05) is 6.20 Å². The molecule has 0 unspecified atom stereocenters. The minimum atomic E-state index is -0.926. The number of alkyl halides is 1. The number of aliphatic carboxylic acids is 1. The number of carboxylic acid groups (broad SMARTS) is 1. The molecule has 0 spiro atoms. The van der Waals surface area contributed by atoms with Gasteiger partial charge in [-0.2, -0.15) is 5.10 Å². The van der Waals surface area contributed by atoms with Crippen LogP contribution < -0.4 is 0 Å². The van der Waals surface area contributed by atoms with Gasteiger partial charge in [0.15, 0.2) is 0 Å². The third-order valence-electron chi connectivity index (χ3n) is 1.66. The molecule has 0 radical (unpaired) electrons. The molecule has 1 rings (SSSR count). The van der Waals surface area contributed by atoms with Crippen LogP contribution in [-0.2, 0) is 4.79 Å². The predicted molar refractivity (Wildman–Crippen MR) is 52.2 cm³/mol. The highest BCUT2D eigenvalue weighted by molar-refractivity contribution is 6.19. The summed E-state index contributed by atoms with van der Waals surface area (Å²) >= 11 is 5.38. The van der Waals surface area contributed by atoms with E-state index in [0.29, 0.717) is 5.56 Å². The third-order valence-corrected chi connectivity index (χ3v) is 1.79. The fraction of sp³-hybridized carbons (Fsp3) is 0.333. The summed E-state index contributed by atoms with van der Waals surface area (Å²) in [5, 5.41) is 12.6. The Morgan fingerprint density at radius 1 is 1.86 bits per heavy atom. The number of hydrogen-bond acceptors (Lipinski definition) is 2. The normalized spacial score (nSPS) is 11.6. The molecule has 0 saturated heterocycles. The van der Waals surface area contributed by atoms with Gasteiger partial charge in [0.05, 0.1) is 17.6 Å². The van der Waals surface area contributed by atoms with Crippen molar-refractivity contribution in [1.29, 1.82) is 0 Å². The lowest BCUT2D eigenvalue weighted by Crippen LogP contribution is -2.15. The number of carbonyl (C=O) groups is 1. The molecule has 1 heterocycles. The van der Waals surface area contributed by atoms with Crippen molar-refractivity contribution in [2.75, 3.05) is 5.88 Å². The van der Waals surface area contributed by atoms with Crippen LogP contribution in [0, 0.1) is 11.8 Å². The van der Waals surface area contributed by atoms with Crippen molar-refractivity contribution in [2.45, 2.75) is 13.0 Å². The quantitative estimate of drug-likeness (QED) is 0.591. The van der Waals surface area contributed by atoms with E-state index >= 15 is 0 Å². The van der Waals surface area contributed by atoms with Crippen molar-refractivity contribution in [3.63, 3.8) is 0 Å². The van der Waals surface area contributed by atoms with Crippen molar-refractivity contribution in [3.05, 3.63) is 18.0 Å².